The first-order valence-electron chi connectivity index (χ1n) is 6.16. The molecule has 5 nitrogen and oxygen atoms in total. The van der Waals surface area contributed by atoms with Gasteiger partial charge < -0.3 is 14.6 Å². The summed E-state index contributed by atoms with van der Waals surface area (Å²) in [7, 11) is 0. The average molecular weight is 282 g/mol. The van der Waals surface area contributed by atoms with Crippen molar-refractivity contribution in [3.05, 3.63) is 41.0 Å². The maximum absolute atomic E-state index is 6.17. The van der Waals surface area contributed by atoms with E-state index in [1.54, 1.807) is 0 Å². The SMILES string of the molecule is CCCNCc1ccc(OCc2ncon2)c(Cl)c1. The van der Waals surface area contributed by atoms with Crippen molar-refractivity contribution in [3.8, 4) is 5.75 Å². The highest BCUT2D eigenvalue weighted by Gasteiger charge is 2.05. The molecule has 0 aliphatic rings. The van der Waals surface area contributed by atoms with Gasteiger partial charge in [-0.1, -0.05) is 29.7 Å². The van der Waals surface area contributed by atoms with Crippen LogP contribution in [0.3, 0.4) is 0 Å². The number of halogens is 1. The van der Waals surface area contributed by atoms with Gasteiger partial charge in [-0.2, -0.15) is 4.98 Å². The van der Waals surface area contributed by atoms with Crippen LogP contribution in [0.1, 0.15) is 24.7 Å². The molecular formula is C13H16ClN3O2. The zero-order chi connectivity index (χ0) is 13.5. The van der Waals surface area contributed by atoms with Crippen molar-refractivity contribution in [2.45, 2.75) is 26.5 Å². The Morgan fingerprint density at radius 2 is 2.32 bits per heavy atom. The van der Waals surface area contributed by atoms with Crippen molar-refractivity contribution in [1.29, 1.82) is 0 Å². The van der Waals surface area contributed by atoms with E-state index in [9.17, 15) is 0 Å². The largest absolute Gasteiger partial charge is 0.484 e. The van der Waals surface area contributed by atoms with E-state index < -0.39 is 0 Å². The minimum absolute atomic E-state index is 0.240. The van der Waals surface area contributed by atoms with Crippen LogP contribution in [0.5, 0.6) is 5.75 Å². The molecule has 0 atom stereocenters. The summed E-state index contributed by atoms with van der Waals surface area (Å²) in [6.07, 6.45) is 2.38. The third kappa shape index (κ3) is 4.22. The van der Waals surface area contributed by atoms with E-state index in [0.29, 0.717) is 16.6 Å². The smallest absolute Gasteiger partial charge is 0.213 e. The Kier molecular flexibility index (Phi) is 5.18. The molecule has 2 aromatic rings. The molecule has 6 heteroatoms. The van der Waals surface area contributed by atoms with Crippen LogP contribution >= 0.6 is 11.6 Å². The first-order valence-corrected chi connectivity index (χ1v) is 6.54. The van der Waals surface area contributed by atoms with Crippen LogP contribution in [-0.4, -0.2) is 16.7 Å². The van der Waals surface area contributed by atoms with Crippen molar-refractivity contribution in [3.63, 3.8) is 0 Å². The van der Waals surface area contributed by atoms with Gasteiger partial charge in [0.15, 0.2) is 6.61 Å². The molecule has 1 N–H and O–H groups in total. The van der Waals surface area contributed by atoms with E-state index in [1.165, 1.54) is 6.39 Å². The van der Waals surface area contributed by atoms with Crippen LogP contribution in [0, 0.1) is 0 Å². The van der Waals surface area contributed by atoms with E-state index in [4.69, 9.17) is 16.3 Å². The molecule has 2 rings (SSSR count). The molecule has 0 aliphatic heterocycles. The van der Waals surface area contributed by atoms with Crippen molar-refractivity contribution in [2.24, 2.45) is 0 Å². The topological polar surface area (TPSA) is 60.2 Å². The number of rotatable bonds is 7. The van der Waals surface area contributed by atoms with Crippen LogP contribution in [0.15, 0.2) is 29.1 Å². The van der Waals surface area contributed by atoms with Crippen LogP contribution in [-0.2, 0) is 13.2 Å². The number of hydrogen-bond acceptors (Lipinski definition) is 5. The maximum Gasteiger partial charge on any atom is 0.213 e. The second-order valence-electron chi connectivity index (χ2n) is 4.08. The van der Waals surface area contributed by atoms with Gasteiger partial charge >= 0.3 is 0 Å². The molecule has 102 valence electrons. The first kappa shape index (κ1) is 13.8. The summed E-state index contributed by atoms with van der Waals surface area (Å²) >= 11 is 6.17. The van der Waals surface area contributed by atoms with Crippen LogP contribution < -0.4 is 10.1 Å². The molecular weight excluding hydrogens is 266 g/mol. The zero-order valence-electron chi connectivity index (χ0n) is 10.7. The normalized spacial score (nSPS) is 10.6. The standard InChI is InChI=1S/C13H16ClN3O2/c1-2-5-15-7-10-3-4-12(11(14)6-10)18-8-13-16-9-19-17-13/h3-4,6,9,15H,2,5,7-8H2,1H3. The van der Waals surface area contributed by atoms with Crippen LogP contribution in [0.2, 0.25) is 5.02 Å². The lowest BCUT2D eigenvalue weighted by atomic mass is 10.2. The molecule has 0 aliphatic carbocycles. The lowest BCUT2D eigenvalue weighted by Gasteiger charge is -2.08. The number of ether oxygens (including phenoxy) is 1. The van der Waals surface area contributed by atoms with Gasteiger partial charge in [-0.25, -0.2) is 0 Å². The summed E-state index contributed by atoms with van der Waals surface area (Å²) in [5, 5.41) is 7.57. The highest BCUT2D eigenvalue weighted by molar-refractivity contribution is 6.32. The predicted octanol–water partition coefficient (Wildman–Crippen LogP) is 2.80. The Morgan fingerprint density at radius 3 is 3.00 bits per heavy atom. The van der Waals surface area contributed by atoms with Crippen molar-refractivity contribution in [2.75, 3.05) is 6.54 Å². The highest BCUT2D eigenvalue weighted by atomic mass is 35.5. The number of aromatic nitrogens is 2. The molecule has 0 spiro atoms. The summed E-state index contributed by atoms with van der Waals surface area (Å²) < 4.78 is 10.1. The van der Waals surface area contributed by atoms with E-state index in [-0.39, 0.29) is 6.61 Å². The minimum atomic E-state index is 0.240. The maximum atomic E-state index is 6.17. The van der Waals surface area contributed by atoms with Crippen molar-refractivity contribution in [1.82, 2.24) is 15.5 Å². The Hall–Kier alpha value is -1.59. The first-order chi connectivity index (χ1) is 9.29. The summed E-state index contributed by atoms with van der Waals surface area (Å²) in [6.45, 7) is 4.17. The molecule has 0 unspecified atom stereocenters. The fourth-order valence-electron chi connectivity index (χ4n) is 1.58. The van der Waals surface area contributed by atoms with Gasteiger partial charge in [-0.3, -0.25) is 0 Å². The highest BCUT2D eigenvalue weighted by Crippen LogP contribution is 2.26. The molecule has 0 saturated carbocycles. The van der Waals surface area contributed by atoms with Crippen molar-refractivity contribution >= 4 is 11.6 Å². The molecule has 0 saturated heterocycles. The lowest BCUT2D eigenvalue weighted by Crippen LogP contribution is -2.13. The van der Waals surface area contributed by atoms with Gasteiger partial charge in [0.25, 0.3) is 0 Å². The van der Waals surface area contributed by atoms with Gasteiger partial charge in [0.05, 0.1) is 5.02 Å². The Labute approximate surface area is 116 Å². The summed E-state index contributed by atoms with van der Waals surface area (Å²) in [4.78, 5) is 3.87. The zero-order valence-corrected chi connectivity index (χ0v) is 11.5. The van der Waals surface area contributed by atoms with E-state index in [0.717, 1.165) is 25.1 Å². The summed E-state index contributed by atoms with van der Waals surface area (Å²) in [5.74, 6) is 1.11. The van der Waals surface area contributed by atoms with E-state index in [1.807, 2.05) is 18.2 Å². The molecule has 0 radical (unpaired) electrons. The third-order valence-corrected chi connectivity index (χ3v) is 2.81. The van der Waals surface area contributed by atoms with Gasteiger partial charge in [0, 0.05) is 6.54 Å². The van der Waals surface area contributed by atoms with Gasteiger partial charge in [-0.15, -0.1) is 0 Å². The second kappa shape index (κ2) is 7.11. The molecule has 0 fully saturated rings. The molecule has 19 heavy (non-hydrogen) atoms. The monoisotopic (exact) mass is 281 g/mol. The Bertz CT molecular complexity index is 503. The van der Waals surface area contributed by atoms with E-state index >= 15 is 0 Å². The van der Waals surface area contributed by atoms with Crippen molar-refractivity contribution < 1.29 is 9.26 Å². The quantitative estimate of drug-likeness (QED) is 0.791. The number of nitrogens with zero attached hydrogens (tertiary/aromatic N) is 2. The number of hydrogen-bond donors (Lipinski definition) is 1. The average Bonchev–Trinajstić information content (AvgIpc) is 2.91. The van der Waals surface area contributed by atoms with Crippen LogP contribution in [0.4, 0.5) is 0 Å². The summed E-state index contributed by atoms with van der Waals surface area (Å²) in [5.41, 5.74) is 1.13. The Balaban J connectivity index is 1.91. The molecule has 1 aromatic heterocycles. The van der Waals surface area contributed by atoms with E-state index in [2.05, 4.69) is 26.9 Å². The molecule has 1 aromatic carbocycles. The van der Waals surface area contributed by atoms with Gasteiger partial charge in [0.1, 0.15) is 5.75 Å². The molecule has 0 bridgehead atoms. The predicted molar refractivity (Wildman–Crippen MR) is 72.1 cm³/mol. The number of nitrogens with one attached hydrogen (secondary N) is 1. The lowest BCUT2D eigenvalue weighted by molar-refractivity contribution is 0.286. The summed E-state index contributed by atoms with van der Waals surface area (Å²) in [6, 6.07) is 5.74. The minimum Gasteiger partial charge on any atom is -0.484 e. The van der Waals surface area contributed by atoms with Crippen LogP contribution in [0.25, 0.3) is 0 Å². The van der Waals surface area contributed by atoms with Gasteiger partial charge in [-0.05, 0) is 30.7 Å². The fraction of sp³-hybridized carbons (Fsp3) is 0.385. The third-order valence-electron chi connectivity index (χ3n) is 2.52. The molecule has 1 heterocycles. The molecule has 0 amide bonds. The Morgan fingerprint density at radius 1 is 1.42 bits per heavy atom. The fourth-order valence-corrected chi connectivity index (χ4v) is 1.84. The second-order valence-corrected chi connectivity index (χ2v) is 4.48. The number of benzene rings is 1. The van der Waals surface area contributed by atoms with Gasteiger partial charge in [0.2, 0.25) is 12.2 Å².